The van der Waals surface area contributed by atoms with Gasteiger partial charge in [-0.1, -0.05) is 29.8 Å². The van der Waals surface area contributed by atoms with Gasteiger partial charge in [0.15, 0.2) is 0 Å². The third-order valence-corrected chi connectivity index (χ3v) is 5.44. The van der Waals surface area contributed by atoms with Crippen molar-refractivity contribution in [2.24, 2.45) is 0 Å². The highest BCUT2D eigenvalue weighted by Crippen LogP contribution is 2.28. The molecule has 0 heterocycles. The minimum atomic E-state index is -0.667. The Hall–Kier alpha value is -3.37. The van der Waals surface area contributed by atoms with Crippen LogP contribution in [-0.2, 0) is 17.6 Å². The fourth-order valence-electron chi connectivity index (χ4n) is 3.40. The molecule has 1 unspecified atom stereocenters. The number of nitro benzene ring substituents is 1. The number of nitro groups is 1. The third-order valence-electron chi connectivity index (χ3n) is 5.12. The highest BCUT2D eigenvalue weighted by atomic mass is 35.5. The molecule has 30 heavy (non-hydrogen) atoms. The summed E-state index contributed by atoms with van der Waals surface area (Å²) in [7, 11) is 0. The Morgan fingerprint density at radius 1 is 1.23 bits per heavy atom. The van der Waals surface area contributed by atoms with E-state index >= 15 is 0 Å². The quantitative estimate of drug-likeness (QED) is 0.299. The van der Waals surface area contributed by atoms with Crippen molar-refractivity contribution in [2.75, 3.05) is 5.32 Å². The van der Waals surface area contributed by atoms with E-state index in [1.165, 1.54) is 42.3 Å². The molecule has 0 fully saturated rings. The van der Waals surface area contributed by atoms with E-state index in [0.717, 1.165) is 24.5 Å². The Balaban J connectivity index is 1.69. The second-order valence-corrected chi connectivity index (χ2v) is 7.58. The molecule has 0 radical (unpaired) electrons. The summed E-state index contributed by atoms with van der Waals surface area (Å²) in [6, 6.07) is 12.1. The molecule has 0 aliphatic heterocycles. The first-order valence-electron chi connectivity index (χ1n) is 9.62. The zero-order chi connectivity index (χ0) is 21.7. The number of nitrogens with one attached hydrogen (secondary N) is 2. The number of benzene rings is 2. The molecule has 3 rings (SSSR count). The van der Waals surface area contributed by atoms with E-state index in [-0.39, 0.29) is 28.0 Å². The van der Waals surface area contributed by atoms with Crippen molar-refractivity contribution in [3.63, 3.8) is 0 Å². The number of hydrogen-bond donors (Lipinski definition) is 2. The molecule has 2 aromatic carbocycles. The lowest BCUT2D eigenvalue weighted by Crippen LogP contribution is -2.19. The van der Waals surface area contributed by atoms with Crippen molar-refractivity contribution in [2.45, 2.75) is 38.6 Å². The largest absolute Gasteiger partial charge is 0.383 e. The Labute approximate surface area is 179 Å². The highest BCUT2D eigenvalue weighted by molar-refractivity contribution is 6.32. The molecular weight excluding hydrogens is 404 g/mol. The van der Waals surface area contributed by atoms with Gasteiger partial charge in [0, 0.05) is 24.0 Å². The molecule has 1 aliphatic carbocycles. The molecule has 0 saturated heterocycles. The monoisotopic (exact) mass is 424 g/mol. The van der Waals surface area contributed by atoms with Crippen LogP contribution in [0.2, 0.25) is 5.02 Å². The molecule has 8 heteroatoms. The highest BCUT2D eigenvalue weighted by Gasteiger charge is 2.16. The average molecular weight is 425 g/mol. The fraction of sp³-hybridized carbons (Fsp3) is 0.273. The lowest BCUT2D eigenvalue weighted by Gasteiger charge is -2.19. The molecule has 0 spiro atoms. The lowest BCUT2D eigenvalue weighted by molar-refractivity contribution is -0.384. The van der Waals surface area contributed by atoms with E-state index in [2.05, 4.69) is 28.8 Å². The molecule has 0 bridgehead atoms. The van der Waals surface area contributed by atoms with Crippen LogP contribution in [0.3, 0.4) is 0 Å². The van der Waals surface area contributed by atoms with Gasteiger partial charge >= 0.3 is 0 Å². The van der Waals surface area contributed by atoms with E-state index in [0.29, 0.717) is 0 Å². The summed E-state index contributed by atoms with van der Waals surface area (Å²) in [6.45, 7) is 1.95. The van der Waals surface area contributed by atoms with Gasteiger partial charge in [-0.05, 0) is 61.4 Å². The van der Waals surface area contributed by atoms with E-state index in [9.17, 15) is 20.2 Å². The van der Waals surface area contributed by atoms with Crippen LogP contribution >= 0.6 is 11.6 Å². The minimum Gasteiger partial charge on any atom is -0.383 e. The Bertz CT molecular complexity index is 1060. The molecule has 0 aromatic heterocycles. The number of hydrogen-bond acceptors (Lipinski definition) is 5. The third kappa shape index (κ3) is 4.97. The summed E-state index contributed by atoms with van der Waals surface area (Å²) in [5.74, 6) is -0.667. The zero-order valence-electron chi connectivity index (χ0n) is 16.4. The van der Waals surface area contributed by atoms with Gasteiger partial charge in [-0.25, -0.2) is 0 Å². The first-order valence-corrected chi connectivity index (χ1v) is 10.00. The number of amides is 1. The number of anilines is 1. The normalized spacial score (nSPS) is 14.2. The number of carbonyl (C=O) groups is 1. The number of halogens is 1. The maximum absolute atomic E-state index is 12.4. The smallest absolute Gasteiger partial charge is 0.289 e. The molecule has 154 valence electrons. The van der Waals surface area contributed by atoms with Crippen LogP contribution < -0.4 is 10.6 Å². The molecule has 1 aliphatic rings. The van der Waals surface area contributed by atoms with Crippen LogP contribution in [0.4, 0.5) is 11.4 Å². The Morgan fingerprint density at radius 2 is 1.97 bits per heavy atom. The maximum Gasteiger partial charge on any atom is 0.289 e. The van der Waals surface area contributed by atoms with Crippen molar-refractivity contribution >= 4 is 28.9 Å². The van der Waals surface area contributed by atoms with Gasteiger partial charge in [0.25, 0.3) is 11.6 Å². The Kier molecular flexibility index (Phi) is 6.70. The van der Waals surface area contributed by atoms with Crippen molar-refractivity contribution < 1.29 is 9.72 Å². The van der Waals surface area contributed by atoms with Crippen molar-refractivity contribution in [1.29, 1.82) is 5.26 Å². The summed E-state index contributed by atoms with van der Waals surface area (Å²) >= 11 is 5.78. The fourth-order valence-corrected chi connectivity index (χ4v) is 3.59. The van der Waals surface area contributed by atoms with Gasteiger partial charge < -0.3 is 10.6 Å². The molecule has 1 amide bonds. The van der Waals surface area contributed by atoms with Crippen molar-refractivity contribution in [3.8, 4) is 6.07 Å². The zero-order valence-corrected chi connectivity index (χ0v) is 17.2. The number of nitriles is 1. The van der Waals surface area contributed by atoms with Crippen LogP contribution in [0.1, 0.15) is 42.5 Å². The topological polar surface area (TPSA) is 108 Å². The van der Waals surface area contributed by atoms with Gasteiger partial charge in [0.2, 0.25) is 0 Å². The molecule has 0 saturated carbocycles. The van der Waals surface area contributed by atoms with Crippen molar-refractivity contribution in [1.82, 2.24) is 5.32 Å². The van der Waals surface area contributed by atoms with Crippen LogP contribution in [-0.4, -0.2) is 10.8 Å². The Morgan fingerprint density at radius 3 is 2.67 bits per heavy atom. The molecular formula is C22H21ClN4O3. The van der Waals surface area contributed by atoms with Gasteiger partial charge in [-0.2, -0.15) is 5.26 Å². The van der Waals surface area contributed by atoms with E-state index in [4.69, 9.17) is 11.6 Å². The summed E-state index contributed by atoms with van der Waals surface area (Å²) in [4.78, 5) is 22.8. The number of aryl methyl sites for hydroxylation is 2. The molecule has 2 aromatic rings. The van der Waals surface area contributed by atoms with Gasteiger partial charge in [-0.3, -0.25) is 14.9 Å². The predicted octanol–water partition coefficient (Wildman–Crippen LogP) is 4.82. The van der Waals surface area contributed by atoms with Crippen LogP contribution in [0.25, 0.3) is 0 Å². The minimum absolute atomic E-state index is 0.0328. The van der Waals surface area contributed by atoms with Gasteiger partial charge in [0.05, 0.1) is 4.92 Å². The summed E-state index contributed by atoms with van der Waals surface area (Å²) < 4.78 is 0. The second-order valence-electron chi connectivity index (χ2n) is 7.17. The van der Waals surface area contributed by atoms with Gasteiger partial charge in [-0.15, -0.1) is 0 Å². The summed E-state index contributed by atoms with van der Waals surface area (Å²) in [6.07, 6.45) is 5.97. The van der Waals surface area contributed by atoms with Gasteiger partial charge in [0.1, 0.15) is 16.7 Å². The lowest BCUT2D eigenvalue weighted by atomic mass is 9.89. The SMILES string of the molecule is CC(N/C=C(/C#N)C(=O)Nc1ccc(Cl)c([N+](=O)[O-])c1)c1ccc2c(c1)CCCC2. The van der Waals surface area contributed by atoms with E-state index in [1.807, 2.05) is 13.0 Å². The predicted molar refractivity (Wildman–Crippen MR) is 115 cm³/mol. The molecule has 2 N–H and O–H groups in total. The molecule has 7 nitrogen and oxygen atoms in total. The number of carbonyl (C=O) groups excluding carboxylic acids is 1. The summed E-state index contributed by atoms with van der Waals surface area (Å²) in [5.41, 5.74) is 3.55. The second kappa shape index (κ2) is 9.42. The van der Waals surface area contributed by atoms with E-state index < -0.39 is 10.8 Å². The number of fused-ring (bicyclic) bond motifs is 1. The average Bonchev–Trinajstić information content (AvgIpc) is 2.74. The number of nitrogens with zero attached hydrogens (tertiary/aromatic N) is 2. The molecule has 1 atom stereocenters. The van der Waals surface area contributed by atoms with Crippen LogP contribution in [0, 0.1) is 21.4 Å². The number of rotatable bonds is 6. The van der Waals surface area contributed by atoms with Crippen LogP contribution in [0.5, 0.6) is 0 Å². The van der Waals surface area contributed by atoms with Crippen molar-refractivity contribution in [3.05, 3.63) is 80.0 Å². The first-order chi connectivity index (χ1) is 14.4. The standard InChI is InChI=1S/C22H21ClN4O3/c1-14(16-7-6-15-4-2-3-5-17(15)10-16)25-13-18(12-24)22(28)26-19-8-9-20(23)21(11-19)27(29)30/h6-11,13-14,25H,2-5H2,1H3,(H,26,28)/b18-13-. The van der Waals surface area contributed by atoms with E-state index in [1.54, 1.807) is 0 Å². The summed E-state index contributed by atoms with van der Waals surface area (Å²) in [5, 5.41) is 25.9. The van der Waals surface area contributed by atoms with Crippen LogP contribution in [0.15, 0.2) is 48.2 Å². The first kappa shape index (κ1) is 21.3. The maximum atomic E-state index is 12.4.